The average molecular weight is 417 g/mol. The second kappa shape index (κ2) is 12.3. The molecule has 1 heterocycles. The van der Waals surface area contributed by atoms with E-state index < -0.39 is 6.10 Å². The van der Waals surface area contributed by atoms with Crippen molar-refractivity contribution in [2.45, 2.75) is 45.3 Å². The monoisotopic (exact) mass is 416 g/mol. The molecule has 29 heavy (non-hydrogen) atoms. The third kappa shape index (κ3) is 7.59. The Morgan fingerprint density at radius 3 is 2.66 bits per heavy atom. The standard InChI is InChI=1S/C22H32N4O2S/c1-3-4-8-13-24-21(27)16(2)28-22-20(25-14-18(23)15-29)12-11-19(26-22)17-9-6-5-7-10-17/h5-7,9-12,16,18,25,29H,3-4,8,13-15,23H2,1-2H3,(H,24,27). The van der Waals surface area contributed by atoms with Crippen LogP contribution in [0.5, 0.6) is 5.88 Å². The van der Waals surface area contributed by atoms with Gasteiger partial charge < -0.3 is 21.1 Å². The average Bonchev–Trinajstić information content (AvgIpc) is 2.75. The summed E-state index contributed by atoms with van der Waals surface area (Å²) in [7, 11) is 0. The maximum atomic E-state index is 12.4. The molecule has 0 aliphatic carbocycles. The van der Waals surface area contributed by atoms with E-state index in [-0.39, 0.29) is 11.9 Å². The number of rotatable bonds is 12. The normalized spacial score (nSPS) is 12.8. The largest absolute Gasteiger partial charge is 0.463 e. The van der Waals surface area contributed by atoms with Gasteiger partial charge in [0.15, 0.2) is 6.10 Å². The summed E-state index contributed by atoms with van der Waals surface area (Å²) in [6.45, 7) is 5.05. The highest BCUT2D eigenvalue weighted by molar-refractivity contribution is 7.80. The second-order valence-electron chi connectivity index (χ2n) is 7.00. The van der Waals surface area contributed by atoms with Gasteiger partial charge in [-0.1, -0.05) is 50.1 Å². The van der Waals surface area contributed by atoms with E-state index in [1.807, 2.05) is 42.5 Å². The summed E-state index contributed by atoms with van der Waals surface area (Å²) < 4.78 is 5.95. The molecule has 6 nitrogen and oxygen atoms in total. The fraction of sp³-hybridized carbons (Fsp3) is 0.455. The number of nitrogens with two attached hydrogens (primary N) is 1. The molecule has 0 aliphatic heterocycles. The first-order valence-electron chi connectivity index (χ1n) is 10.2. The van der Waals surface area contributed by atoms with E-state index in [1.165, 1.54) is 0 Å². The van der Waals surface area contributed by atoms with Gasteiger partial charge in [0.1, 0.15) is 0 Å². The highest BCUT2D eigenvalue weighted by Gasteiger charge is 2.18. The predicted molar refractivity (Wildman–Crippen MR) is 123 cm³/mol. The van der Waals surface area contributed by atoms with Crippen molar-refractivity contribution in [2.75, 3.05) is 24.2 Å². The number of anilines is 1. The molecule has 1 amide bonds. The minimum Gasteiger partial charge on any atom is -0.463 e. The zero-order valence-electron chi connectivity index (χ0n) is 17.2. The maximum absolute atomic E-state index is 12.4. The van der Waals surface area contributed by atoms with E-state index in [0.29, 0.717) is 30.4 Å². The minimum atomic E-state index is -0.658. The number of pyridine rings is 1. The summed E-state index contributed by atoms with van der Waals surface area (Å²) >= 11 is 4.22. The Balaban J connectivity index is 2.15. The van der Waals surface area contributed by atoms with Crippen molar-refractivity contribution >= 4 is 24.2 Å². The number of hydrogen-bond donors (Lipinski definition) is 4. The van der Waals surface area contributed by atoms with Crippen LogP contribution in [0.4, 0.5) is 5.69 Å². The van der Waals surface area contributed by atoms with Crippen LogP contribution >= 0.6 is 12.6 Å². The summed E-state index contributed by atoms with van der Waals surface area (Å²) in [5, 5.41) is 6.17. The summed E-state index contributed by atoms with van der Waals surface area (Å²) in [5.74, 6) is 0.801. The molecule has 0 bridgehead atoms. The first kappa shape index (κ1) is 23.0. The van der Waals surface area contributed by atoms with Crippen molar-refractivity contribution in [1.82, 2.24) is 10.3 Å². The van der Waals surface area contributed by atoms with E-state index in [9.17, 15) is 4.79 Å². The van der Waals surface area contributed by atoms with Gasteiger partial charge in [0.05, 0.1) is 11.4 Å². The highest BCUT2D eigenvalue weighted by Crippen LogP contribution is 2.28. The Morgan fingerprint density at radius 1 is 1.21 bits per heavy atom. The topological polar surface area (TPSA) is 89.3 Å². The lowest BCUT2D eigenvalue weighted by Gasteiger charge is -2.19. The number of thiol groups is 1. The fourth-order valence-corrected chi connectivity index (χ4v) is 2.82. The Labute approximate surface area is 179 Å². The number of unbranched alkanes of at least 4 members (excludes halogenated alkanes) is 2. The van der Waals surface area contributed by atoms with Crippen LogP contribution in [0.25, 0.3) is 11.3 Å². The van der Waals surface area contributed by atoms with Crippen molar-refractivity contribution in [3.05, 3.63) is 42.5 Å². The third-order valence-electron chi connectivity index (χ3n) is 4.46. The third-order valence-corrected chi connectivity index (χ3v) is 4.93. The minimum absolute atomic E-state index is 0.0979. The summed E-state index contributed by atoms with van der Waals surface area (Å²) in [6.07, 6.45) is 2.51. The molecule has 7 heteroatoms. The molecule has 158 valence electrons. The van der Waals surface area contributed by atoms with Gasteiger partial charge in [-0.25, -0.2) is 4.98 Å². The molecular formula is C22H32N4O2S. The van der Waals surface area contributed by atoms with E-state index in [4.69, 9.17) is 10.5 Å². The lowest BCUT2D eigenvalue weighted by Crippen LogP contribution is -2.37. The Kier molecular flexibility index (Phi) is 9.80. The van der Waals surface area contributed by atoms with E-state index >= 15 is 0 Å². The molecule has 4 N–H and O–H groups in total. The number of hydrogen-bond acceptors (Lipinski definition) is 6. The number of benzene rings is 1. The zero-order chi connectivity index (χ0) is 21.1. The number of ether oxygens (including phenoxy) is 1. The van der Waals surface area contributed by atoms with Crippen LogP contribution in [0.2, 0.25) is 0 Å². The smallest absolute Gasteiger partial charge is 0.260 e. The molecule has 2 atom stereocenters. The number of carbonyl (C=O) groups excluding carboxylic acids is 1. The molecular weight excluding hydrogens is 384 g/mol. The van der Waals surface area contributed by atoms with Gasteiger partial charge in [-0.15, -0.1) is 0 Å². The molecule has 0 fully saturated rings. The molecule has 1 aromatic heterocycles. The molecule has 0 radical (unpaired) electrons. The van der Waals surface area contributed by atoms with Crippen LogP contribution in [0.3, 0.4) is 0 Å². The maximum Gasteiger partial charge on any atom is 0.260 e. The quantitative estimate of drug-likeness (QED) is 0.314. The van der Waals surface area contributed by atoms with Crippen molar-refractivity contribution in [3.8, 4) is 17.1 Å². The van der Waals surface area contributed by atoms with E-state index in [1.54, 1.807) is 6.92 Å². The van der Waals surface area contributed by atoms with E-state index in [0.717, 1.165) is 30.5 Å². The molecule has 2 unspecified atom stereocenters. The van der Waals surface area contributed by atoms with Gasteiger partial charge in [0.25, 0.3) is 5.91 Å². The molecule has 0 spiro atoms. The Bertz CT molecular complexity index is 758. The van der Waals surface area contributed by atoms with Crippen molar-refractivity contribution in [2.24, 2.45) is 5.73 Å². The van der Waals surface area contributed by atoms with Crippen molar-refractivity contribution in [1.29, 1.82) is 0 Å². The van der Waals surface area contributed by atoms with Crippen molar-refractivity contribution in [3.63, 3.8) is 0 Å². The van der Waals surface area contributed by atoms with Crippen LogP contribution in [-0.2, 0) is 4.79 Å². The number of carbonyl (C=O) groups is 1. The van der Waals surface area contributed by atoms with Crippen LogP contribution in [-0.4, -0.2) is 41.9 Å². The highest BCUT2D eigenvalue weighted by atomic mass is 32.1. The number of amides is 1. The van der Waals surface area contributed by atoms with Crippen molar-refractivity contribution < 1.29 is 9.53 Å². The van der Waals surface area contributed by atoms with Gasteiger partial charge in [-0.05, 0) is 25.5 Å². The first-order chi connectivity index (χ1) is 14.0. The number of aromatic nitrogens is 1. The SMILES string of the molecule is CCCCCNC(=O)C(C)Oc1nc(-c2ccccc2)ccc1NCC(N)CS. The fourth-order valence-electron chi connectivity index (χ4n) is 2.69. The summed E-state index contributed by atoms with van der Waals surface area (Å²) in [4.78, 5) is 17.0. The summed E-state index contributed by atoms with van der Waals surface area (Å²) in [6, 6.07) is 13.6. The van der Waals surface area contributed by atoms with Gasteiger partial charge >= 0.3 is 0 Å². The van der Waals surface area contributed by atoms with Crippen LogP contribution in [0.15, 0.2) is 42.5 Å². The van der Waals surface area contributed by atoms with Crippen LogP contribution < -0.4 is 21.1 Å². The molecule has 0 aliphatic rings. The van der Waals surface area contributed by atoms with Gasteiger partial charge in [-0.2, -0.15) is 12.6 Å². The molecule has 2 rings (SSSR count). The lowest BCUT2D eigenvalue weighted by atomic mass is 10.1. The van der Waals surface area contributed by atoms with Gasteiger partial charge in [0, 0.05) is 30.4 Å². The molecule has 0 saturated heterocycles. The zero-order valence-corrected chi connectivity index (χ0v) is 18.1. The Hall–Kier alpha value is -2.25. The molecule has 0 saturated carbocycles. The van der Waals surface area contributed by atoms with Crippen LogP contribution in [0, 0.1) is 0 Å². The Morgan fingerprint density at radius 2 is 1.97 bits per heavy atom. The predicted octanol–water partition coefficient (Wildman–Crippen LogP) is 3.49. The summed E-state index contributed by atoms with van der Waals surface area (Å²) in [5.41, 5.74) is 8.42. The lowest BCUT2D eigenvalue weighted by molar-refractivity contribution is -0.127. The van der Waals surface area contributed by atoms with Crippen LogP contribution in [0.1, 0.15) is 33.1 Å². The number of nitrogens with one attached hydrogen (secondary N) is 2. The first-order valence-corrected chi connectivity index (χ1v) is 10.8. The van der Waals surface area contributed by atoms with Gasteiger partial charge in [-0.3, -0.25) is 4.79 Å². The van der Waals surface area contributed by atoms with Gasteiger partial charge in [0.2, 0.25) is 5.88 Å². The molecule has 1 aromatic carbocycles. The van der Waals surface area contributed by atoms with E-state index in [2.05, 4.69) is 35.2 Å². The second-order valence-corrected chi connectivity index (χ2v) is 7.36. The molecule has 2 aromatic rings. The number of nitrogens with zero attached hydrogens (tertiary/aromatic N) is 1.